The van der Waals surface area contributed by atoms with Gasteiger partial charge in [-0.15, -0.1) is 21.5 Å². The molecule has 0 unspecified atom stereocenters. The SMILES string of the molecule is CO[C@H]1C[C@H](c2nnc([C@H](C)Cc3cccs3)o2)N(C(C)=O)C1. The zero-order valence-electron chi connectivity index (χ0n) is 13.6. The van der Waals surface area contributed by atoms with E-state index in [1.54, 1.807) is 30.3 Å². The summed E-state index contributed by atoms with van der Waals surface area (Å²) in [4.78, 5) is 14.9. The average molecular weight is 335 g/mol. The third-order valence-corrected chi connectivity index (χ3v) is 5.15. The Bertz CT molecular complexity index is 655. The van der Waals surface area contributed by atoms with Gasteiger partial charge in [0.05, 0.1) is 6.10 Å². The van der Waals surface area contributed by atoms with Gasteiger partial charge in [0.25, 0.3) is 0 Å². The molecule has 2 aromatic rings. The molecule has 2 aromatic heterocycles. The number of carbonyl (C=O) groups is 1. The van der Waals surface area contributed by atoms with E-state index < -0.39 is 0 Å². The van der Waals surface area contributed by atoms with Crippen molar-refractivity contribution in [1.29, 1.82) is 0 Å². The molecule has 0 N–H and O–H groups in total. The minimum absolute atomic E-state index is 0.000865. The van der Waals surface area contributed by atoms with E-state index in [1.807, 2.05) is 6.07 Å². The number of aromatic nitrogens is 2. The third kappa shape index (κ3) is 3.45. The number of hydrogen-bond acceptors (Lipinski definition) is 6. The predicted molar refractivity (Wildman–Crippen MR) is 86.3 cm³/mol. The molecular weight excluding hydrogens is 314 g/mol. The second kappa shape index (κ2) is 6.80. The monoisotopic (exact) mass is 335 g/mol. The van der Waals surface area contributed by atoms with Crippen molar-refractivity contribution in [2.45, 2.75) is 44.8 Å². The molecule has 0 bridgehead atoms. The van der Waals surface area contributed by atoms with Crippen molar-refractivity contribution in [2.75, 3.05) is 13.7 Å². The van der Waals surface area contributed by atoms with Crippen molar-refractivity contribution in [3.8, 4) is 0 Å². The lowest BCUT2D eigenvalue weighted by molar-refractivity contribution is -0.130. The predicted octanol–water partition coefficient (Wildman–Crippen LogP) is 2.79. The highest BCUT2D eigenvalue weighted by atomic mass is 32.1. The fourth-order valence-corrected chi connectivity index (χ4v) is 3.78. The quantitative estimate of drug-likeness (QED) is 0.840. The molecule has 0 radical (unpaired) electrons. The van der Waals surface area contributed by atoms with Crippen LogP contribution in [0.5, 0.6) is 0 Å². The van der Waals surface area contributed by atoms with E-state index in [-0.39, 0.29) is 24.0 Å². The van der Waals surface area contributed by atoms with E-state index in [4.69, 9.17) is 9.15 Å². The van der Waals surface area contributed by atoms with Crippen LogP contribution in [0.15, 0.2) is 21.9 Å². The van der Waals surface area contributed by atoms with Gasteiger partial charge in [0.2, 0.25) is 17.7 Å². The standard InChI is InChI=1S/C16H21N3O3S/c1-10(7-13-5-4-6-23-13)15-17-18-16(22-15)14-8-12(21-3)9-19(14)11(2)20/h4-6,10,12,14H,7-9H2,1-3H3/t10-,12+,14-/m1/s1. The second-order valence-corrected chi connectivity index (χ2v) is 6.98. The van der Waals surface area contributed by atoms with Crippen LogP contribution in [0.25, 0.3) is 0 Å². The molecule has 3 atom stereocenters. The van der Waals surface area contributed by atoms with Crippen LogP contribution in [0, 0.1) is 0 Å². The molecule has 0 saturated carbocycles. The lowest BCUT2D eigenvalue weighted by Crippen LogP contribution is -2.29. The maximum absolute atomic E-state index is 11.8. The van der Waals surface area contributed by atoms with Gasteiger partial charge in [-0.1, -0.05) is 13.0 Å². The normalized spacial score (nSPS) is 22.5. The molecule has 0 spiro atoms. The van der Waals surface area contributed by atoms with Gasteiger partial charge in [0, 0.05) is 37.8 Å². The highest BCUT2D eigenvalue weighted by Crippen LogP contribution is 2.33. The van der Waals surface area contributed by atoms with Crippen molar-refractivity contribution >= 4 is 17.2 Å². The highest BCUT2D eigenvalue weighted by molar-refractivity contribution is 7.09. The first-order valence-electron chi connectivity index (χ1n) is 7.74. The van der Waals surface area contributed by atoms with E-state index in [9.17, 15) is 4.79 Å². The van der Waals surface area contributed by atoms with E-state index in [0.717, 1.165) is 6.42 Å². The molecule has 1 fully saturated rings. The zero-order chi connectivity index (χ0) is 16.4. The van der Waals surface area contributed by atoms with Gasteiger partial charge in [-0.25, -0.2) is 0 Å². The van der Waals surface area contributed by atoms with Crippen LogP contribution in [0.2, 0.25) is 0 Å². The van der Waals surface area contributed by atoms with Crippen LogP contribution in [0.1, 0.15) is 48.9 Å². The van der Waals surface area contributed by atoms with Gasteiger partial charge < -0.3 is 14.1 Å². The van der Waals surface area contributed by atoms with E-state index in [1.165, 1.54) is 4.88 Å². The summed E-state index contributed by atoms with van der Waals surface area (Å²) in [6.07, 6.45) is 1.58. The van der Waals surface area contributed by atoms with Crippen LogP contribution >= 0.6 is 11.3 Å². The Hall–Kier alpha value is -1.73. The topological polar surface area (TPSA) is 68.5 Å². The molecule has 1 aliphatic rings. The largest absolute Gasteiger partial charge is 0.423 e. The van der Waals surface area contributed by atoms with Gasteiger partial charge in [0.15, 0.2) is 0 Å². The number of rotatable bonds is 5. The number of hydrogen-bond donors (Lipinski definition) is 0. The van der Waals surface area contributed by atoms with Gasteiger partial charge in [-0.2, -0.15) is 0 Å². The first-order chi connectivity index (χ1) is 11.1. The number of thiophene rings is 1. The van der Waals surface area contributed by atoms with E-state index in [0.29, 0.717) is 24.7 Å². The van der Waals surface area contributed by atoms with Crippen molar-refractivity contribution in [1.82, 2.24) is 15.1 Å². The third-order valence-electron chi connectivity index (χ3n) is 4.25. The molecule has 0 aliphatic carbocycles. The number of ether oxygens (including phenoxy) is 1. The molecule has 3 rings (SSSR count). The van der Waals surface area contributed by atoms with Gasteiger partial charge in [-0.05, 0) is 17.9 Å². The average Bonchev–Trinajstić information content (AvgIpc) is 3.26. The van der Waals surface area contributed by atoms with Crippen LogP contribution in [0.3, 0.4) is 0 Å². The van der Waals surface area contributed by atoms with Gasteiger partial charge >= 0.3 is 0 Å². The molecular formula is C16H21N3O3S. The lowest BCUT2D eigenvalue weighted by atomic mass is 10.1. The Balaban J connectivity index is 1.74. The molecule has 23 heavy (non-hydrogen) atoms. The molecule has 3 heterocycles. The maximum atomic E-state index is 11.8. The molecule has 1 aliphatic heterocycles. The van der Waals surface area contributed by atoms with Crippen LogP contribution in [0.4, 0.5) is 0 Å². The Kier molecular flexibility index (Phi) is 4.77. The molecule has 124 valence electrons. The van der Waals surface area contributed by atoms with Gasteiger partial charge in [0.1, 0.15) is 6.04 Å². The summed E-state index contributed by atoms with van der Waals surface area (Å²) in [5.41, 5.74) is 0. The first-order valence-corrected chi connectivity index (χ1v) is 8.62. The Labute approximate surface area is 139 Å². The minimum Gasteiger partial charge on any atom is -0.423 e. The molecule has 1 saturated heterocycles. The van der Waals surface area contributed by atoms with Crippen molar-refractivity contribution < 1.29 is 13.9 Å². The number of amides is 1. The number of likely N-dealkylation sites (tertiary alicyclic amines) is 1. The number of methoxy groups -OCH3 is 1. The van der Waals surface area contributed by atoms with Crippen LogP contribution < -0.4 is 0 Å². The highest BCUT2D eigenvalue weighted by Gasteiger charge is 2.38. The fraction of sp³-hybridized carbons (Fsp3) is 0.562. The first kappa shape index (κ1) is 16.1. The van der Waals surface area contributed by atoms with E-state index in [2.05, 4.69) is 28.6 Å². The molecule has 0 aromatic carbocycles. The Morgan fingerprint density at radius 3 is 3.04 bits per heavy atom. The van der Waals surface area contributed by atoms with Crippen molar-refractivity contribution in [2.24, 2.45) is 0 Å². The molecule has 7 heteroatoms. The lowest BCUT2D eigenvalue weighted by Gasteiger charge is -2.19. The summed E-state index contributed by atoms with van der Waals surface area (Å²) in [6, 6.07) is 3.96. The summed E-state index contributed by atoms with van der Waals surface area (Å²) < 4.78 is 11.3. The Morgan fingerprint density at radius 1 is 1.57 bits per heavy atom. The summed E-state index contributed by atoms with van der Waals surface area (Å²) >= 11 is 1.73. The minimum atomic E-state index is -0.187. The molecule has 6 nitrogen and oxygen atoms in total. The smallest absolute Gasteiger partial charge is 0.239 e. The fourth-order valence-electron chi connectivity index (χ4n) is 2.95. The zero-order valence-corrected chi connectivity index (χ0v) is 14.4. The van der Waals surface area contributed by atoms with Crippen molar-refractivity contribution in [3.63, 3.8) is 0 Å². The van der Waals surface area contributed by atoms with Crippen molar-refractivity contribution in [3.05, 3.63) is 34.2 Å². The summed E-state index contributed by atoms with van der Waals surface area (Å²) in [5.74, 6) is 1.28. The van der Waals surface area contributed by atoms with E-state index >= 15 is 0 Å². The summed E-state index contributed by atoms with van der Waals surface area (Å²) in [7, 11) is 1.66. The van der Waals surface area contributed by atoms with Crippen LogP contribution in [-0.2, 0) is 16.0 Å². The second-order valence-electron chi connectivity index (χ2n) is 5.94. The Morgan fingerprint density at radius 2 is 2.39 bits per heavy atom. The van der Waals surface area contributed by atoms with Gasteiger partial charge in [-0.3, -0.25) is 4.79 Å². The molecule has 1 amide bonds. The number of nitrogens with zero attached hydrogens (tertiary/aromatic N) is 3. The maximum Gasteiger partial charge on any atom is 0.239 e. The summed E-state index contributed by atoms with van der Waals surface area (Å²) in [6.45, 7) is 4.20. The number of carbonyl (C=O) groups excluding carboxylic acids is 1. The summed E-state index contributed by atoms with van der Waals surface area (Å²) in [5, 5.41) is 10.4. The van der Waals surface area contributed by atoms with Crippen LogP contribution in [-0.4, -0.2) is 40.8 Å².